The zero-order valence-corrected chi connectivity index (χ0v) is 8.61. The summed E-state index contributed by atoms with van der Waals surface area (Å²) < 4.78 is 18.4. The van der Waals surface area contributed by atoms with Crippen molar-refractivity contribution in [3.63, 3.8) is 0 Å². The molecule has 4 heteroatoms. The Balaban J connectivity index is 2.14. The van der Waals surface area contributed by atoms with Gasteiger partial charge in [-0.3, -0.25) is 0 Å². The van der Waals surface area contributed by atoms with Crippen molar-refractivity contribution in [3.05, 3.63) is 35.8 Å². The summed E-state index contributed by atoms with van der Waals surface area (Å²) in [6.45, 7) is 0. The van der Waals surface area contributed by atoms with Crippen LogP contribution in [0.3, 0.4) is 0 Å². The minimum absolute atomic E-state index is 0.278. The average Bonchev–Trinajstić information content (AvgIpc) is 3.02. The molecule has 2 aromatic rings. The number of anilines is 1. The summed E-state index contributed by atoms with van der Waals surface area (Å²) in [6.07, 6.45) is 2.19. The lowest BCUT2D eigenvalue weighted by atomic mass is 10.0. The smallest absolute Gasteiger partial charge is 0.175 e. The van der Waals surface area contributed by atoms with Gasteiger partial charge in [0.25, 0.3) is 0 Å². The first kappa shape index (κ1) is 9.39. The van der Waals surface area contributed by atoms with Crippen LogP contribution in [0, 0.1) is 5.82 Å². The first-order valence-electron chi connectivity index (χ1n) is 5.26. The van der Waals surface area contributed by atoms with E-state index in [-0.39, 0.29) is 5.82 Å². The van der Waals surface area contributed by atoms with Gasteiger partial charge in [0, 0.05) is 5.92 Å². The molecule has 0 aliphatic heterocycles. The zero-order chi connectivity index (χ0) is 11.1. The van der Waals surface area contributed by atoms with E-state index >= 15 is 0 Å². The fourth-order valence-corrected chi connectivity index (χ4v) is 1.87. The lowest BCUT2D eigenvalue weighted by molar-refractivity contribution is 0.387. The van der Waals surface area contributed by atoms with Crippen LogP contribution in [0.2, 0.25) is 0 Å². The molecule has 0 atom stereocenters. The SMILES string of the molecule is Nc1noc(C2CC2)c1-c1cccc(F)c1. The molecule has 0 saturated heterocycles. The van der Waals surface area contributed by atoms with Crippen LogP contribution in [-0.2, 0) is 0 Å². The van der Waals surface area contributed by atoms with Crippen LogP contribution in [0.1, 0.15) is 24.5 Å². The van der Waals surface area contributed by atoms with E-state index in [0.717, 1.165) is 29.7 Å². The molecule has 82 valence electrons. The standard InChI is InChI=1S/C12H11FN2O/c13-9-3-1-2-8(6-9)10-11(7-4-5-7)16-15-12(10)14/h1-3,6-7H,4-5H2,(H2,14,15). The van der Waals surface area contributed by atoms with E-state index in [1.54, 1.807) is 6.07 Å². The summed E-state index contributed by atoms with van der Waals surface area (Å²) in [4.78, 5) is 0. The molecule has 0 amide bonds. The molecule has 1 aliphatic carbocycles. The molecule has 0 radical (unpaired) electrons. The molecule has 3 nitrogen and oxygen atoms in total. The van der Waals surface area contributed by atoms with Crippen LogP contribution in [0.15, 0.2) is 28.8 Å². The zero-order valence-electron chi connectivity index (χ0n) is 8.61. The highest BCUT2D eigenvalue weighted by atomic mass is 19.1. The third-order valence-electron chi connectivity index (χ3n) is 2.81. The van der Waals surface area contributed by atoms with E-state index in [2.05, 4.69) is 5.16 Å². The molecule has 2 N–H and O–H groups in total. The first-order chi connectivity index (χ1) is 7.75. The van der Waals surface area contributed by atoms with Gasteiger partial charge in [0.05, 0.1) is 5.56 Å². The van der Waals surface area contributed by atoms with Crippen molar-refractivity contribution in [1.82, 2.24) is 5.16 Å². The van der Waals surface area contributed by atoms with Gasteiger partial charge in [-0.2, -0.15) is 0 Å². The Labute approximate surface area is 92.0 Å². The number of rotatable bonds is 2. The van der Waals surface area contributed by atoms with Gasteiger partial charge >= 0.3 is 0 Å². The second kappa shape index (κ2) is 3.33. The topological polar surface area (TPSA) is 52.0 Å². The Kier molecular flexibility index (Phi) is 1.96. The maximum Gasteiger partial charge on any atom is 0.175 e. The molecular formula is C12H11FN2O. The van der Waals surface area contributed by atoms with Gasteiger partial charge in [-0.05, 0) is 30.5 Å². The highest BCUT2D eigenvalue weighted by Gasteiger charge is 2.32. The second-order valence-electron chi connectivity index (χ2n) is 4.09. The Morgan fingerprint density at radius 3 is 2.88 bits per heavy atom. The van der Waals surface area contributed by atoms with Gasteiger partial charge in [-0.15, -0.1) is 0 Å². The predicted octanol–water partition coefficient (Wildman–Crippen LogP) is 2.94. The molecule has 0 spiro atoms. The van der Waals surface area contributed by atoms with Crippen LogP contribution < -0.4 is 5.73 Å². The summed E-state index contributed by atoms with van der Waals surface area (Å²) in [6, 6.07) is 6.34. The third kappa shape index (κ3) is 1.46. The fourth-order valence-electron chi connectivity index (χ4n) is 1.87. The normalized spacial score (nSPS) is 15.3. The second-order valence-corrected chi connectivity index (χ2v) is 4.09. The summed E-state index contributed by atoms with van der Waals surface area (Å²) in [7, 11) is 0. The maximum absolute atomic E-state index is 13.1. The molecule has 0 unspecified atom stereocenters. The molecule has 3 rings (SSSR count). The highest BCUT2D eigenvalue weighted by molar-refractivity contribution is 5.76. The van der Waals surface area contributed by atoms with E-state index in [0.29, 0.717) is 11.7 Å². The third-order valence-corrected chi connectivity index (χ3v) is 2.81. The number of halogens is 1. The van der Waals surface area contributed by atoms with Gasteiger partial charge in [0.2, 0.25) is 0 Å². The van der Waals surface area contributed by atoms with Crippen LogP contribution in [0.4, 0.5) is 10.2 Å². The number of nitrogen functional groups attached to an aromatic ring is 1. The van der Waals surface area contributed by atoms with Crippen LogP contribution in [-0.4, -0.2) is 5.16 Å². The highest BCUT2D eigenvalue weighted by Crippen LogP contribution is 2.46. The average molecular weight is 218 g/mol. The number of aromatic nitrogens is 1. The minimum atomic E-state index is -0.278. The van der Waals surface area contributed by atoms with Gasteiger partial charge in [-0.25, -0.2) is 4.39 Å². The van der Waals surface area contributed by atoms with Gasteiger partial charge < -0.3 is 10.3 Å². The van der Waals surface area contributed by atoms with Gasteiger partial charge in [0.15, 0.2) is 5.82 Å². The van der Waals surface area contributed by atoms with Crippen molar-refractivity contribution in [1.29, 1.82) is 0 Å². The van der Waals surface area contributed by atoms with Gasteiger partial charge in [0.1, 0.15) is 11.6 Å². The number of hydrogen-bond acceptors (Lipinski definition) is 3. The van der Waals surface area contributed by atoms with Crippen LogP contribution in [0.25, 0.3) is 11.1 Å². The van der Waals surface area contributed by atoms with Crippen molar-refractivity contribution in [2.45, 2.75) is 18.8 Å². The molecular weight excluding hydrogens is 207 g/mol. The largest absolute Gasteiger partial charge is 0.380 e. The van der Waals surface area contributed by atoms with Crippen LogP contribution >= 0.6 is 0 Å². The Bertz CT molecular complexity index is 532. The summed E-state index contributed by atoms with van der Waals surface area (Å²) in [5.74, 6) is 1.26. The van der Waals surface area contributed by atoms with E-state index in [1.807, 2.05) is 6.07 Å². The Hall–Kier alpha value is -1.84. The summed E-state index contributed by atoms with van der Waals surface area (Å²) in [5.41, 5.74) is 7.25. The first-order valence-corrected chi connectivity index (χ1v) is 5.26. The number of hydrogen-bond donors (Lipinski definition) is 1. The number of benzene rings is 1. The lowest BCUT2D eigenvalue weighted by Gasteiger charge is -2.01. The van der Waals surface area contributed by atoms with Crippen molar-refractivity contribution in [2.24, 2.45) is 0 Å². The molecule has 1 heterocycles. The molecule has 1 aromatic heterocycles. The summed E-state index contributed by atoms with van der Waals surface area (Å²) >= 11 is 0. The Morgan fingerprint density at radius 1 is 1.38 bits per heavy atom. The van der Waals surface area contributed by atoms with Crippen molar-refractivity contribution in [2.75, 3.05) is 5.73 Å². The maximum atomic E-state index is 13.1. The van der Waals surface area contributed by atoms with E-state index in [4.69, 9.17) is 10.3 Å². The van der Waals surface area contributed by atoms with E-state index in [1.165, 1.54) is 12.1 Å². The van der Waals surface area contributed by atoms with Gasteiger partial charge in [-0.1, -0.05) is 17.3 Å². The fraction of sp³-hybridized carbons (Fsp3) is 0.250. The molecule has 1 aliphatic rings. The molecule has 0 bridgehead atoms. The molecule has 16 heavy (non-hydrogen) atoms. The van der Waals surface area contributed by atoms with Crippen molar-refractivity contribution in [3.8, 4) is 11.1 Å². The molecule has 1 fully saturated rings. The van der Waals surface area contributed by atoms with E-state index in [9.17, 15) is 4.39 Å². The monoisotopic (exact) mass is 218 g/mol. The minimum Gasteiger partial charge on any atom is -0.380 e. The van der Waals surface area contributed by atoms with Crippen molar-refractivity contribution < 1.29 is 8.91 Å². The molecule has 1 aromatic carbocycles. The van der Waals surface area contributed by atoms with Crippen LogP contribution in [0.5, 0.6) is 0 Å². The summed E-state index contributed by atoms with van der Waals surface area (Å²) in [5, 5.41) is 3.76. The predicted molar refractivity (Wildman–Crippen MR) is 58.3 cm³/mol. The lowest BCUT2D eigenvalue weighted by Crippen LogP contribution is -1.90. The number of nitrogens with zero attached hydrogens (tertiary/aromatic N) is 1. The molecule has 1 saturated carbocycles. The quantitative estimate of drug-likeness (QED) is 0.843. The van der Waals surface area contributed by atoms with E-state index < -0.39 is 0 Å². The number of nitrogens with two attached hydrogens (primary N) is 1. The van der Waals surface area contributed by atoms with Crippen molar-refractivity contribution >= 4 is 5.82 Å². The Morgan fingerprint density at radius 2 is 2.19 bits per heavy atom.